The van der Waals surface area contributed by atoms with Crippen LogP contribution in [0, 0.1) is 13.8 Å². The molecule has 4 aromatic rings. The van der Waals surface area contributed by atoms with Crippen molar-refractivity contribution in [3.05, 3.63) is 87.4 Å². The predicted molar refractivity (Wildman–Crippen MR) is 110 cm³/mol. The maximum absolute atomic E-state index is 12.7. The van der Waals surface area contributed by atoms with Gasteiger partial charge in [-0.3, -0.25) is 0 Å². The SMILES string of the molecule is COc1ccc2c(COC(=O)c3cc(C)n(Cc4ccco4)c3C)cc(=O)oc2c1. The van der Waals surface area contributed by atoms with E-state index in [1.807, 2.05) is 30.5 Å². The van der Waals surface area contributed by atoms with Crippen LogP contribution in [0.5, 0.6) is 5.75 Å². The van der Waals surface area contributed by atoms with E-state index in [1.165, 1.54) is 13.2 Å². The van der Waals surface area contributed by atoms with Gasteiger partial charge in [0, 0.05) is 34.5 Å². The summed E-state index contributed by atoms with van der Waals surface area (Å²) in [7, 11) is 1.53. The van der Waals surface area contributed by atoms with E-state index in [9.17, 15) is 9.59 Å². The van der Waals surface area contributed by atoms with Gasteiger partial charge in [0.25, 0.3) is 0 Å². The highest BCUT2D eigenvalue weighted by Gasteiger charge is 2.18. The molecule has 30 heavy (non-hydrogen) atoms. The number of hydrogen-bond acceptors (Lipinski definition) is 6. The molecule has 0 radical (unpaired) electrons. The van der Waals surface area contributed by atoms with Crippen LogP contribution in [-0.4, -0.2) is 17.6 Å². The van der Waals surface area contributed by atoms with Gasteiger partial charge in [0.15, 0.2) is 0 Å². The van der Waals surface area contributed by atoms with E-state index in [4.69, 9.17) is 18.3 Å². The Morgan fingerprint density at radius 3 is 2.70 bits per heavy atom. The van der Waals surface area contributed by atoms with Crippen LogP contribution >= 0.6 is 0 Å². The highest BCUT2D eigenvalue weighted by Crippen LogP contribution is 2.24. The van der Waals surface area contributed by atoms with Gasteiger partial charge in [-0.25, -0.2) is 9.59 Å². The van der Waals surface area contributed by atoms with E-state index in [2.05, 4.69) is 0 Å². The summed E-state index contributed by atoms with van der Waals surface area (Å²) in [5.41, 5.74) is 2.63. The Labute approximate surface area is 172 Å². The first kappa shape index (κ1) is 19.6. The molecule has 154 valence electrons. The Bertz CT molecular complexity index is 1260. The molecule has 4 rings (SSSR count). The van der Waals surface area contributed by atoms with Crippen molar-refractivity contribution in [1.29, 1.82) is 0 Å². The van der Waals surface area contributed by atoms with E-state index in [0.717, 1.165) is 17.1 Å². The Hall–Kier alpha value is -3.74. The number of esters is 1. The smallest absolute Gasteiger partial charge is 0.340 e. The Balaban J connectivity index is 1.56. The first-order valence-electron chi connectivity index (χ1n) is 9.43. The minimum absolute atomic E-state index is 0.0465. The van der Waals surface area contributed by atoms with Crippen molar-refractivity contribution in [1.82, 2.24) is 4.57 Å². The lowest BCUT2D eigenvalue weighted by Gasteiger charge is -2.09. The molecule has 7 nitrogen and oxygen atoms in total. The molecule has 0 spiro atoms. The molecule has 1 aromatic carbocycles. The maximum atomic E-state index is 12.7. The number of aryl methyl sites for hydroxylation is 1. The number of benzene rings is 1. The van der Waals surface area contributed by atoms with Crippen LogP contribution in [0.1, 0.15) is 33.1 Å². The second-order valence-corrected chi connectivity index (χ2v) is 6.98. The lowest BCUT2D eigenvalue weighted by atomic mass is 10.1. The molecule has 0 amide bonds. The molecule has 0 aliphatic carbocycles. The number of hydrogen-bond donors (Lipinski definition) is 0. The van der Waals surface area contributed by atoms with Crippen molar-refractivity contribution in [2.75, 3.05) is 7.11 Å². The summed E-state index contributed by atoms with van der Waals surface area (Å²) < 4.78 is 23.3. The zero-order valence-corrected chi connectivity index (χ0v) is 16.9. The molecule has 0 fully saturated rings. The van der Waals surface area contributed by atoms with E-state index < -0.39 is 11.6 Å². The second kappa shape index (κ2) is 7.94. The molecule has 0 saturated heterocycles. The number of carbonyl (C=O) groups is 1. The number of fused-ring (bicyclic) bond motifs is 1. The van der Waals surface area contributed by atoms with Gasteiger partial charge in [-0.1, -0.05) is 0 Å². The summed E-state index contributed by atoms with van der Waals surface area (Å²) in [5, 5.41) is 0.687. The van der Waals surface area contributed by atoms with Crippen molar-refractivity contribution in [2.24, 2.45) is 0 Å². The second-order valence-electron chi connectivity index (χ2n) is 6.98. The molecule has 3 aromatic heterocycles. The van der Waals surface area contributed by atoms with E-state index in [-0.39, 0.29) is 6.61 Å². The Morgan fingerprint density at radius 2 is 1.97 bits per heavy atom. The van der Waals surface area contributed by atoms with Crippen LogP contribution in [0.3, 0.4) is 0 Å². The predicted octanol–water partition coefficient (Wildman–Crippen LogP) is 4.22. The highest BCUT2D eigenvalue weighted by molar-refractivity contribution is 5.91. The van der Waals surface area contributed by atoms with Gasteiger partial charge >= 0.3 is 11.6 Å². The largest absolute Gasteiger partial charge is 0.497 e. The number of ether oxygens (including phenoxy) is 2. The van der Waals surface area contributed by atoms with E-state index in [0.29, 0.717) is 34.4 Å². The molecule has 7 heteroatoms. The first-order valence-corrected chi connectivity index (χ1v) is 9.43. The molecule has 3 heterocycles. The fourth-order valence-electron chi connectivity index (χ4n) is 3.49. The monoisotopic (exact) mass is 407 g/mol. The molecule has 0 saturated carbocycles. The average Bonchev–Trinajstić information content (AvgIpc) is 3.35. The normalized spacial score (nSPS) is 11.0. The molecule has 0 aliphatic heterocycles. The minimum Gasteiger partial charge on any atom is -0.497 e. The Kier molecular flexibility index (Phi) is 5.18. The quantitative estimate of drug-likeness (QED) is 0.352. The average molecular weight is 407 g/mol. The molecule has 0 atom stereocenters. The summed E-state index contributed by atoms with van der Waals surface area (Å²) in [6.45, 7) is 4.28. The van der Waals surface area contributed by atoms with Gasteiger partial charge in [0.1, 0.15) is 23.7 Å². The summed E-state index contributed by atoms with van der Waals surface area (Å²) in [6, 6.07) is 12.0. The molecular formula is C23H21NO6. The fourth-order valence-corrected chi connectivity index (χ4v) is 3.49. The molecule has 0 unspecified atom stereocenters. The van der Waals surface area contributed by atoms with Crippen molar-refractivity contribution < 1.29 is 23.1 Å². The third-order valence-corrected chi connectivity index (χ3v) is 5.08. The maximum Gasteiger partial charge on any atom is 0.340 e. The van der Waals surface area contributed by atoms with Crippen molar-refractivity contribution in [3.63, 3.8) is 0 Å². The highest BCUT2D eigenvalue weighted by atomic mass is 16.5. The number of aromatic nitrogens is 1. The first-order chi connectivity index (χ1) is 14.5. The molecule has 0 bridgehead atoms. The summed E-state index contributed by atoms with van der Waals surface area (Å²) in [6.07, 6.45) is 1.62. The number of nitrogens with zero attached hydrogens (tertiary/aromatic N) is 1. The van der Waals surface area contributed by atoms with Gasteiger partial charge in [0.2, 0.25) is 0 Å². The van der Waals surface area contributed by atoms with Gasteiger partial charge < -0.3 is 22.9 Å². The van der Waals surface area contributed by atoms with Gasteiger partial charge in [-0.2, -0.15) is 0 Å². The lowest BCUT2D eigenvalue weighted by Crippen LogP contribution is -2.10. The van der Waals surface area contributed by atoms with Crippen molar-refractivity contribution >= 4 is 16.9 Å². The van der Waals surface area contributed by atoms with E-state index in [1.54, 1.807) is 30.5 Å². The fraction of sp³-hybridized carbons (Fsp3) is 0.217. The summed E-state index contributed by atoms with van der Waals surface area (Å²) >= 11 is 0. The van der Waals surface area contributed by atoms with Crippen LogP contribution in [0.15, 0.2) is 62.4 Å². The zero-order valence-electron chi connectivity index (χ0n) is 16.9. The summed E-state index contributed by atoms with van der Waals surface area (Å²) in [5.74, 6) is 0.919. The van der Waals surface area contributed by atoms with Gasteiger partial charge in [-0.15, -0.1) is 0 Å². The lowest BCUT2D eigenvalue weighted by molar-refractivity contribution is 0.0473. The van der Waals surface area contributed by atoms with Crippen molar-refractivity contribution in [3.8, 4) is 5.75 Å². The Morgan fingerprint density at radius 1 is 1.13 bits per heavy atom. The number of carbonyl (C=O) groups excluding carboxylic acids is 1. The van der Waals surface area contributed by atoms with Gasteiger partial charge in [-0.05, 0) is 44.2 Å². The molecule has 0 aliphatic rings. The summed E-state index contributed by atoms with van der Waals surface area (Å²) in [4.78, 5) is 24.7. The molecular weight excluding hydrogens is 386 g/mol. The standard InChI is InChI=1S/C23H21NO6/c1-14-9-20(15(2)24(14)12-18-5-4-8-28-18)23(26)29-13-16-10-22(25)30-21-11-17(27-3)6-7-19(16)21/h4-11H,12-13H2,1-3H3. The molecule has 0 N–H and O–H groups in total. The third kappa shape index (κ3) is 3.74. The number of methoxy groups -OCH3 is 1. The third-order valence-electron chi connectivity index (χ3n) is 5.08. The van der Waals surface area contributed by atoms with Crippen LogP contribution in [0.4, 0.5) is 0 Å². The minimum atomic E-state index is -0.515. The van der Waals surface area contributed by atoms with Crippen LogP contribution < -0.4 is 10.4 Å². The topological polar surface area (TPSA) is 83.8 Å². The van der Waals surface area contributed by atoms with Gasteiger partial charge in [0.05, 0.1) is 25.5 Å². The van der Waals surface area contributed by atoms with Crippen LogP contribution in [0.2, 0.25) is 0 Å². The van der Waals surface area contributed by atoms with E-state index >= 15 is 0 Å². The number of furan rings is 1. The number of rotatable bonds is 6. The van der Waals surface area contributed by atoms with Crippen LogP contribution in [0.25, 0.3) is 11.0 Å². The van der Waals surface area contributed by atoms with Crippen LogP contribution in [-0.2, 0) is 17.9 Å². The zero-order chi connectivity index (χ0) is 21.3. The van der Waals surface area contributed by atoms with Crippen molar-refractivity contribution in [2.45, 2.75) is 27.0 Å².